The molecule has 5 nitrogen and oxygen atoms in total. The Labute approximate surface area is 125 Å². The molecular formula is C16H22N2O3. The number of urea groups is 1. The summed E-state index contributed by atoms with van der Waals surface area (Å²) in [5, 5.41) is 11.8. The van der Waals surface area contributed by atoms with Gasteiger partial charge in [-0.2, -0.15) is 0 Å². The van der Waals surface area contributed by atoms with Crippen LogP contribution in [0.1, 0.15) is 31.2 Å². The van der Waals surface area contributed by atoms with E-state index in [1.54, 1.807) is 4.90 Å². The van der Waals surface area contributed by atoms with Gasteiger partial charge in [0.2, 0.25) is 0 Å². The quantitative estimate of drug-likeness (QED) is 0.874. The van der Waals surface area contributed by atoms with Crippen LogP contribution in [0.4, 0.5) is 4.79 Å². The Kier molecular flexibility index (Phi) is 5.60. The highest BCUT2D eigenvalue weighted by atomic mass is 16.4. The summed E-state index contributed by atoms with van der Waals surface area (Å²) in [7, 11) is 0. The van der Waals surface area contributed by atoms with Crippen LogP contribution in [-0.4, -0.2) is 41.1 Å². The van der Waals surface area contributed by atoms with Crippen molar-refractivity contribution >= 4 is 12.0 Å². The molecule has 21 heavy (non-hydrogen) atoms. The van der Waals surface area contributed by atoms with Gasteiger partial charge in [0.25, 0.3) is 0 Å². The summed E-state index contributed by atoms with van der Waals surface area (Å²) in [6.07, 6.45) is 3.53. The standard InChI is InChI=1S/C16H22N2O3/c19-15(20)12-14-8-4-5-11-18(14)16(21)17-10-9-13-6-2-1-3-7-13/h1-3,6-7,14H,4-5,8-12H2,(H,17,21)(H,19,20). The topological polar surface area (TPSA) is 69.6 Å². The van der Waals surface area contributed by atoms with E-state index in [2.05, 4.69) is 5.32 Å². The third-order valence-electron chi connectivity index (χ3n) is 3.83. The van der Waals surface area contributed by atoms with Crippen molar-refractivity contribution in [3.05, 3.63) is 35.9 Å². The number of piperidine rings is 1. The van der Waals surface area contributed by atoms with Crippen LogP contribution in [0.25, 0.3) is 0 Å². The number of hydrogen-bond donors (Lipinski definition) is 2. The van der Waals surface area contributed by atoms with E-state index in [1.807, 2.05) is 30.3 Å². The summed E-state index contributed by atoms with van der Waals surface area (Å²) in [6.45, 7) is 1.22. The van der Waals surface area contributed by atoms with Crippen molar-refractivity contribution in [1.29, 1.82) is 0 Å². The first-order chi connectivity index (χ1) is 10.2. The molecule has 0 aliphatic carbocycles. The van der Waals surface area contributed by atoms with E-state index in [1.165, 1.54) is 5.56 Å². The highest BCUT2D eigenvalue weighted by Gasteiger charge is 2.28. The molecule has 1 aromatic carbocycles. The number of nitrogens with one attached hydrogen (secondary N) is 1. The second-order valence-corrected chi connectivity index (χ2v) is 5.41. The summed E-state index contributed by atoms with van der Waals surface area (Å²) in [5.41, 5.74) is 1.18. The normalized spacial score (nSPS) is 18.3. The summed E-state index contributed by atoms with van der Waals surface area (Å²) in [5.74, 6) is -0.844. The van der Waals surface area contributed by atoms with Crippen LogP contribution < -0.4 is 5.32 Å². The van der Waals surface area contributed by atoms with Crippen molar-refractivity contribution in [1.82, 2.24) is 10.2 Å². The molecule has 5 heteroatoms. The van der Waals surface area contributed by atoms with E-state index in [0.717, 1.165) is 25.7 Å². The van der Waals surface area contributed by atoms with Gasteiger partial charge in [-0.15, -0.1) is 0 Å². The second-order valence-electron chi connectivity index (χ2n) is 5.41. The van der Waals surface area contributed by atoms with Gasteiger partial charge in [-0.3, -0.25) is 4.79 Å². The van der Waals surface area contributed by atoms with Crippen LogP contribution in [0.15, 0.2) is 30.3 Å². The van der Waals surface area contributed by atoms with Gasteiger partial charge in [0.1, 0.15) is 0 Å². The fourth-order valence-electron chi connectivity index (χ4n) is 2.74. The summed E-state index contributed by atoms with van der Waals surface area (Å²) >= 11 is 0. The molecule has 114 valence electrons. The van der Waals surface area contributed by atoms with Gasteiger partial charge < -0.3 is 15.3 Å². The number of nitrogens with zero attached hydrogens (tertiary/aromatic N) is 1. The van der Waals surface area contributed by atoms with Gasteiger partial charge in [-0.1, -0.05) is 30.3 Å². The first-order valence-electron chi connectivity index (χ1n) is 7.47. The second kappa shape index (κ2) is 7.67. The molecule has 2 amide bonds. The number of likely N-dealkylation sites (tertiary alicyclic amines) is 1. The average Bonchev–Trinajstić information content (AvgIpc) is 2.48. The van der Waals surface area contributed by atoms with Gasteiger partial charge in [0, 0.05) is 19.1 Å². The molecule has 0 saturated carbocycles. The largest absolute Gasteiger partial charge is 0.481 e. The van der Waals surface area contributed by atoms with Crippen molar-refractivity contribution in [2.45, 2.75) is 38.1 Å². The molecule has 1 atom stereocenters. The third-order valence-corrected chi connectivity index (χ3v) is 3.83. The Morgan fingerprint density at radius 1 is 1.24 bits per heavy atom. The Morgan fingerprint density at radius 3 is 2.71 bits per heavy atom. The maximum atomic E-state index is 12.2. The van der Waals surface area contributed by atoms with E-state index in [-0.39, 0.29) is 18.5 Å². The number of carboxylic acids is 1. The van der Waals surface area contributed by atoms with Crippen LogP contribution >= 0.6 is 0 Å². The maximum Gasteiger partial charge on any atom is 0.317 e. The van der Waals surface area contributed by atoms with Crippen molar-refractivity contribution in [3.8, 4) is 0 Å². The lowest BCUT2D eigenvalue weighted by molar-refractivity contribution is -0.138. The fourth-order valence-corrected chi connectivity index (χ4v) is 2.74. The van der Waals surface area contributed by atoms with Crippen LogP contribution in [-0.2, 0) is 11.2 Å². The first-order valence-corrected chi connectivity index (χ1v) is 7.47. The van der Waals surface area contributed by atoms with Crippen molar-refractivity contribution in [3.63, 3.8) is 0 Å². The van der Waals surface area contributed by atoms with Crippen molar-refractivity contribution < 1.29 is 14.7 Å². The van der Waals surface area contributed by atoms with E-state index in [9.17, 15) is 9.59 Å². The molecular weight excluding hydrogens is 268 g/mol. The van der Waals surface area contributed by atoms with Crippen LogP contribution in [0.2, 0.25) is 0 Å². The minimum atomic E-state index is -0.844. The van der Waals surface area contributed by atoms with Crippen molar-refractivity contribution in [2.75, 3.05) is 13.1 Å². The molecule has 0 spiro atoms. The summed E-state index contributed by atoms with van der Waals surface area (Å²) < 4.78 is 0. The number of benzene rings is 1. The predicted molar refractivity (Wildman–Crippen MR) is 80.1 cm³/mol. The first kappa shape index (κ1) is 15.4. The summed E-state index contributed by atoms with van der Waals surface area (Å²) in [6, 6.07) is 9.66. The fraction of sp³-hybridized carbons (Fsp3) is 0.500. The van der Waals surface area contributed by atoms with Gasteiger partial charge in [-0.25, -0.2) is 4.79 Å². The minimum absolute atomic E-state index is 0.0338. The lowest BCUT2D eigenvalue weighted by Gasteiger charge is -2.34. The Bertz CT molecular complexity index is 476. The number of hydrogen-bond acceptors (Lipinski definition) is 2. The molecule has 1 aromatic rings. The van der Waals surface area contributed by atoms with Crippen LogP contribution in [0.3, 0.4) is 0 Å². The number of aliphatic carboxylic acids is 1. The molecule has 0 bridgehead atoms. The molecule has 2 rings (SSSR count). The molecule has 0 aromatic heterocycles. The lowest BCUT2D eigenvalue weighted by atomic mass is 10.00. The van der Waals surface area contributed by atoms with Gasteiger partial charge >= 0.3 is 12.0 Å². The average molecular weight is 290 g/mol. The van der Waals surface area contributed by atoms with Crippen LogP contribution in [0, 0.1) is 0 Å². The van der Waals surface area contributed by atoms with Gasteiger partial charge in [-0.05, 0) is 31.2 Å². The van der Waals surface area contributed by atoms with Gasteiger partial charge in [0.05, 0.1) is 6.42 Å². The van der Waals surface area contributed by atoms with Gasteiger partial charge in [0.15, 0.2) is 0 Å². The van der Waals surface area contributed by atoms with Crippen LogP contribution in [0.5, 0.6) is 0 Å². The zero-order valence-corrected chi connectivity index (χ0v) is 12.1. The third kappa shape index (κ3) is 4.77. The maximum absolute atomic E-state index is 12.2. The molecule has 1 unspecified atom stereocenters. The molecule has 1 aliphatic rings. The smallest absolute Gasteiger partial charge is 0.317 e. The molecule has 0 radical (unpaired) electrons. The monoisotopic (exact) mass is 290 g/mol. The number of carbonyl (C=O) groups is 2. The highest BCUT2D eigenvalue weighted by Crippen LogP contribution is 2.19. The number of rotatable bonds is 5. The molecule has 1 aliphatic heterocycles. The number of carboxylic acid groups (broad SMARTS) is 1. The zero-order valence-electron chi connectivity index (χ0n) is 12.1. The van der Waals surface area contributed by atoms with E-state index in [4.69, 9.17) is 5.11 Å². The van der Waals surface area contributed by atoms with Crippen molar-refractivity contribution in [2.24, 2.45) is 0 Å². The zero-order chi connectivity index (χ0) is 15.1. The summed E-state index contributed by atoms with van der Waals surface area (Å²) in [4.78, 5) is 24.8. The number of amides is 2. The highest BCUT2D eigenvalue weighted by molar-refractivity contribution is 5.76. The molecule has 1 saturated heterocycles. The van der Waals surface area contributed by atoms with E-state index < -0.39 is 5.97 Å². The minimum Gasteiger partial charge on any atom is -0.481 e. The Morgan fingerprint density at radius 2 is 2.00 bits per heavy atom. The molecule has 1 heterocycles. The SMILES string of the molecule is O=C(O)CC1CCCCN1C(=O)NCCc1ccccc1. The molecule has 1 fully saturated rings. The molecule has 2 N–H and O–H groups in total. The Balaban J connectivity index is 1.81. The number of carbonyl (C=O) groups excluding carboxylic acids is 1. The van der Waals surface area contributed by atoms with E-state index in [0.29, 0.717) is 13.1 Å². The Hall–Kier alpha value is -2.04. The lowest BCUT2D eigenvalue weighted by Crippen LogP contribution is -2.49. The van der Waals surface area contributed by atoms with E-state index >= 15 is 0 Å². The predicted octanol–water partition coefficient (Wildman–Crippen LogP) is 2.27.